The normalized spacial score (nSPS) is 11.0. The van der Waals surface area contributed by atoms with Crippen LogP contribution in [0.25, 0.3) is 38.6 Å². The second-order valence-corrected chi connectivity index (χ2v) is 6.64. The van der Waals surface area contributed by atoms with Gasteiger partial charge in [0.2, 0.25) is 0 Å². The van der Waals surface area contributed by atoms with Crippen LogP contribution >= 0.6 is 0 Å². The first kappa shape index (κ1) is 16.7. The minimum Gasteiger partial charge on any atom is -0.536 e. The highest BCUT2D eigenvalue weighted by molar-refractivity contribution is 6.19. The Morgan fingerprint density at radius 3 is 2.11 bits per heavy atom. The van der Waals surface area contributed by atoms with Crippen molar-refractivity contribution in [3.05, 3.63) is 97.1 Å². The fourth-order valence-electron chi connectivity index (χ4n) is 3.84. The first-order chi connectivity index (χ1) is 13.9. The van der Waals surface area contributed by atoms with Crippen LogP contribution in [0.2, 0.25) is 0 Å². The number of aromatic nitrogens is 1. The van der Waals surface area contributed by atoms with Crippen molar-refractivity contribution >= 4 is 29.5 Å². The summed E-state index contributed by atoms with van der Waals surface area (Å²) < 4.78 is 7.59. The molecule has 0 saturated carbocycles. The lowest BCUT2D eigenvalue weighted by Crippen LogP contribution is -2.02. The van der Waals surface area contributed by atoms with E-state index in [1.54, 1.807) is 0 Å². The van der Waals surface area contributed by atoms with E-state index in [1.807, 2.05) is 42.5 Å². The largest absolute Gasteiger partial charge is 0.569 e. The Bertz CT molecular complexity index is 1260. The quantitative estimate of drug-likeness (QED) is 0.437. The van der Waals surface area contributed by atoms with Gasteiger partial charge < -0.3 is 14.2 Å². The molecule has 1 heterocycles. The van der Waals surface area contributed by atoms with E-state index in [9.17, 15) is 5.02 Å². The summed E-state index contributed by atoms with van der Waals surface area (Å²) in [6, 6.07) is 33.0. The zero-order valence-corrected chi connectivity index (χ0v) is 15.1. The molecule has 1 N–H and O–H groups in total. The summed E-state index contributed by atoms with van der Waals surface area (Å²) >= 11 is 0. The summed E-state index contributed by atoms with van der Waals surface area (Å²) in [6.07, 6.45) is 0. The minimum atomic E-state index is 0.614. The standard InChI is InChI=1S/C24H17BNO2/c27-25-28-23-12-6-10-21-20-9-4-5-11-22(20)26(24(21)23)19-15-13-18(14-16-19)17-7-2-1-3-8-17/h1-16,27H. The highest BCUT2D eigenvalue weighted by Gasteiger charge is 2.16. The van der Waals surface area contributed by atoms with E-state index in [-0.39, 0.29) is 0 Å². The summed E-state index contributed by atoms with van der Waals surface area (Å²) in [4.78, 5) is 0. The van der Waals surface area contributed by atoms with E-state index < -0.39 is 0 Å². The van der Waals surface area contributed by atoms with Crippen molar-refractivity contribution in [2.24, 2.45) is 0 Å². The maximum atomic E-state index is 9.22. The highest BCUT2D eigenvalue weighted by atomic mass is 16.5. The first-order valence-electron chi connectivity index (χ1n) is 9.17. The lowest BCUT2D eigenvalue weighted by atomic mass is 10.1. The maximum absolute atomic E-state index is 9.22. The van der Waals surface area contributed by atoms with Gasteiger partial charge in [-0.15, -0.1) is 0 Å². The molecule has 28 heavy (non-hydrogen) atoms. The molecule has 0 atom stereocenters. The smallest absolute Gasteiger partial charge is 0.536 e. The molecule has 3 nitrogen and oxygen atoms in total. The lowest BCUT2D eigenvalue weighted by molar-refractivity contribution is 0.456. The summed E-state index contributed by atoms with van der Waals surface area (Å²) in [6.45, 7) is 0. The van der Waals surface area contributed by atoms with Gasteiger partial charge in [0.1, 0.15) is 5.75 Å². The van der Waals surface area contributed by atoms with Gasteiger partial charge in [0.05, 0.1) is 11.0 Å². The Morgan fingerprint density at radius 1 is 0.643 bits per heavy atom. The Labute approximate surface area is 163 Å². The molecule has 1 radical (unpaired) electrons. The number of para-hydroxylation sites is 2. The molecule has 1 aromatic heterocycles. The van der Waals surface area contributed by atoms with Gasteiger partial charge in [-0.1, -0.05) is 72.8 Å². The Morgan fingerprint density at radius 2 is 1.32 bits per heavy atom. The third-order valence-electron chi connectivity index (χ3n) is 5.07. The van der Waals surface area contributed by atoms with Crippen molar-refractivity contribution in [3.63, 3.8) is 0 Å². The van der Waals surface area contributed by atoms with Crippen LogP contribution in [0.5, 0.6) is 5.75 Å². The molecule has 133 valence electrons. The SMILES string of the molecule is O[B]Oc1cccc2c3ccccc3n(-c3ccc(-c4ccccc4)cc3)c12. The summed E-state index contributed by atoms with van der Waals surface area (Å²) in [7, 11) is 0.731. The van der Waals surface area contributed by atoms with Crippen LogP contribution in [0, 0.1) is 0 Å². The molecule has 0 aliphatic heterocycles. The van der Waals surface area contributed by atoms with Crippen molar-refractivity contribution in [2.75, 3.05) is 0 Å². The van der Waals surface area contributed by atoms with E-state index >= 15 is 0 Å². The average molecular weight is 362 g/mol. The summed E-state index contributed by atoms with van der Waals surface area (Å²) in [5, 5.41) is 11.5. The third kappa shape index (κ3) is 2.66. The van der Waals surface area contributed by atoms with Crippen molar-refractivity contribution in [1.82, 2.24) is 4.57 Å². The molecule has 5 aromatic rings. The molecule has 0 saturated heterocycles. The van der Waals surface area contributed by atoms with Crippen LogP contribution in [-0.2, 0) is 0 Å². The van der Waals surface area contributed by atoms with Gasteiger partial charge >= 0.3 is 7.69 Å². The van der Waals surface area contributed by atoms with Crippen LogP contribution in [-0.4, -0.2) is 17.3 Å². The van der Waals surface area contributed by atoms with Crippen molar-refractivity contribution in [3.8, 4) is 22.6 Å². The molecule has 0 bridgehead atoms. The number of hydrogen-bond acceptors (Lipinski definition) is 2. The zero-order chi connectivity index (χ0) is 18.9. The molecule has 5 rings (SSSR count). The Kier molecular flexibility index (Phi) is 4.11. The van der Waals surface area contributed by atoms with Gasteiger partial charge in [-0.3, -0.25) is 0 Å². The van der Waals surface area contributed by atoms with Gasteiger partial charge in [0, 0.05) is 16.5 Å². The predicted octanol–water partition coefficient (Wildman–Crippen LogP) is 5.36. The van der Waals surface area contributed by atoms with Crippen LogP contribution in [0.4, 0.5) is 0 Å². The lowest BCUT2D eigenvalue weighted by Gasteiger charge is -2.12. The van der Waals surface area contributed by atoms with Crippen LogP contribution in [0.15, 0.2) is 97.1 Å². The average Bonchev–Trinajstić information content (AvgIpc) is 3.10. The zero-order valence-electron chi connectivity index (χ0n) is 15.1. The van der Waals surface area contributed by atoms with Crippen LogP contribution < -0.4 is 4.65 Å². The van der Waals surface area contributed by atoms with Gasteiger partial charge in [0.25, 0.3) is 0 Å². The fourth-order valence-corrected chi connectivity index (χ4v) is 3.84. The monoisotopic (exact) mass is 362 g/mol. The van der Waals surface area contributed by atoms with Gasteiger partial charge in [-0.05, 0) is 35.4 Å². The third-order valence-corrected chi connectivity index (χ3v) is 5.07. The highest BCUT2D eigenvalue weighted by Crippen LogP contribution is 2.37. The van der Waals surface area contributed by atoms with Crippen molar-refractivity contribution in [2.45, 2.75) is 0 Å². The molecule has 4 aromatic carbocycles. The maximum Gasteiger partial charge on any atom is 0.569 e. The number of benzene rings is 4. The Balaban J connectivity index is 1.75. The molecular weight excluding hydrogens is 345 g/mol. The summed E-state index contributed by atoms with van der Waals surface area (Å²) in [5.74, 6) is 0.614. The van der Waals surface area contributed by atoms with E-state index in [4.69, 9.17) is 4.65 Å². The van der Waals surface area contributed by atoms with E-state index in [2.05, 4.69) is 59.2 Å². The molecule has 0 aliphatic carbocycles. The number of nitrogens with zero attached hydrogens (tertiary/aromatic N) is 1. The number of fused-ring (bicyclic) bond motifs is 3. The molecule has 0 fully saturated rings. The second kappa shape index (κ2) is 6.91. The van der Waals surface area contributed by atoms with E-state index in [0.29, 0.717) is 5.75 Å². The van der Waals surface area contributed by atoms with Gasteiger partial charge in [-0.2, -0.15) is 0 Å². The van der Waals surface area contributed by atoms with E-state index in [0.717, 1.165) is 35.2 Å². The number of rotatable bonds is 4. The molecule has 0 spiro atoms. The van der Waals surface area contributed by atoms with Crippen LogP contribution in [0.3, 0.4) is 0 Å². The second-order valence-electron chi connectivity index (χ2n) is 6.64. The topological polar surface area (TPSA) is 34.4 Å². The van der Waals surface area contributed by atoms with Crippen LogP contribution in [0.1, 0.15) is 0 Å². The minimum absolute atomic E-state index is 0.614. The van der Waals surface area contributed by atoms with Crippen molar-refractivity contribution in [1.29, 1.82) is 0 Å². The predicted molar refractivity (Wildman–Crippen MR) is 115 cm³/mol. The molecule has 0 amide bonds. The summed E-state index contributed by atoms with van der Waals surface area (Å²) in [5.41, 5.74) is 5.43. The number of hydrogen-bond donors (Lipinski definition) is 1. The fraction of sp³-hybridized carbons (Fsp3) is 0. The Hall–Kier alpha value is -3.50. The first-order valence-corrected chi connectivity index (χ1v) is 9.17. The molecule has 0 aliphatic rings. The molecule has 4 heteroatoms. The van der Waals surface area contributed by atoms with Crippen molar-refractivity contribution < 1.29 is 9.68 Å². The van der Waals surface area contributed by atoms with Gasteiger partial charge in [0.15, 0.2) is 0 Å². The molecular formula is C24H17BNO2. The molecule has 0 unspecified atom stereocenters. The van der Waals surface area contributed by atoms with Gasteiger partial charge in [-0.25, -0.2) is 0 Å². The van der Waals surface area contributed by atoms with E-state index in [1.165, 1.54) is 11.1 Å².